The van der Waals surface area contributed by atoms with Gasteiger partial charge in [0.2, 0.25) is 0 Å². The van der Waals surface area contributed by atoms with Gasteiger partial charge in [-0.3, -0.25) is 15.0 Å². The lowest BCUT2D eigenvalue weighted by atomic mass is 9.83. The SMILES string of the molecule is CCCN(CCC)C1CCc2cccc(-c3cc(=O)[nH][nH]3)c2C1. The van der Waals surface area contributed by atoms with Crippen LogP contribution in [0.15, 0.2) is 29.1 Å². The minimum Gasteiger partial charge on any atom is -0.300 e. The zero-order chi connectivity index (χ0) is 16.2. The van der Waals surface area contributed by atoms with Crippen LogP contribution in [0.25, 0.3) is 11.3 Å². The van der Waals surface area contributed by atoms with Gasteiger partial charge in [-0.2, -0.15) is 0 Å². The lowest BCUT2D eigenvalue weighted by molar-refractivity contribution is 0.180. The Bertz CT molecular complexity index is 695. The summed E-state index contributed by atoms with van der Waals surface area (Å²) in [5.41, 5.74) is 4.87. The Hall–Kier alpha value is -1.81. The molecule has 1 heterocycles. The van der Waals surface area contributed by atoms with Gasteiger partial charge in [-0.25, -0.2) is 0 Å². The van der Waals surface area contributed by atoms with Crippen LogP contribution >= 0.6 is 0 Å². The van der Waals surface area contributed by atoms with Gasteiger partial charge < -0.3 is 4.90 Å². The molecule has 124 valence electrons. The first-order chi connectivity index (χ1) is 11.2. The number of rotatable bonds is 6. The molecule has 1 aromatic carbocycles. The lowest BCUT2D eigenvalue weighted by Crippen LogP contribution is -2.40. The highest BCUT2D eigenvalue weighted by atomic mass is 16.1. The van der Waals surface area contributed by atoms with Crippen LogP contribution in [-0.4, -0.2) is 34.2 Å². The first-order valence-corrected chi connectivity index (χ1v) is 8.85. The van der Waals surface area contributed by atoms with Gasteiger partial charge >= 0.3 is 0 Å². The Kier molecular flexibility index (Phi) is 5.01. The highest BCUT2D eigenvalue weighted by Gasteiger charge is 2.25. The average Bonchev–Trinajstić information content (AvgIpc) is 3.00. The van der Waals surface area contributed by atoms with Crippen molar-refractivity contribution in [2.45, 2.75) is 52.0 Å². The number of aryl methyl sites for hydroxylation is 1. The largest absolute Gasteiger partial charge is 0.300 e. The monoisotopic (exact) mass is 313 g/mol. The van der Waals surface area contributed by atoms with E-state index in [9.17, 15) is 4.79 Å². The molecule has 0 amide bonds. The van der Waals surface area contributed by atoms with E-state index in [1.165, 1.54) is 49.0 Å². The number of hydrogen-bond donors (Lipinski definition) is 2. The summed E-state index contributed by atoms with van der Waals surface area (Å²) < 4.78 is 0. The smallest absolute Gasteiger partial charge is 0.264 e. The van der Waals surface area contributed by atoms with Crippen molar-refractivity contribution in [2.75, 3.05) is 13.1 Å². The zero-order valence-electron chi connectivity index (χ0n) is 14.2. The van der Waals surface area contributed by atoms with E-state index in [4.69, 9.17) is 0 Å². The summed E-state index contributed by atoms with van der Waals surface area (Å²) in [5, 5.41) is 5.67. The molecular weight excluding hydrogens is 286 g/mol. The zero-order valence-corrected chi connectivity index (χ0v) is 14.2. The molecule has 1 aliphatic carbocycles. The van der Waals surface area contributed by atoms with Gasteiger partial charge in [0.05, 0.1) is 5.69 Å². The second kappa shape index (κ2) is 7.18. The van der Waals surface area contributed by atoms with Gasteiger partial charge in [-0.1, -0.05) is 32.0 Å². The third kappa shape index (κ3) is 3.42. The maximum absolute atomic E-state index is 11.5. The van der Waals surface area contributed by atoms with Gasteiger partial charge in [0, 0.05) is 17.7 Å². The predicted molar refractivity (Wildman–Crippen MR) is 94.8 cm³/mol. The second-order valence-corrected chi connectivity index (χ2v) is 6.55. The molecule has 3 rings (SSSR count). The van der Waals surface area contributed by atoms with Crippen molar-refractivity contribution < 1.29 is 0 Å². The molecule has 2 N–H and O–H groups in total. The molecule has 4 heteroatoms. The van der Waals surface area contributed by atoms with Crippen LogP contribution in [0.3, 0.4) is 0 Å². The van der Waals surface area contributed by atoms with Crippen LogP contribution in [0.2, 0.25) is 0 Å². The summed E-state index contributed by atoms with van der Waals surface area (Å²) in [4.78, 5) is 14.1. The molecule has 2 aromatic rings. The molecule has 1 aliphatic rings. The fraction of sp³-hybridized carbons (Fsp3) is 0.526. The molecule has 1 unspecified atom stereocenters. The van der Waals surface area contributed by atoms with Crippen LogP contribution in [0.1, 0.15) is 44.2 Å². The Morgan fingerprint density at radius 3 is 2.61 bits per heavy atom. The van der Waals surface area contributed by atoms with E-state index in [-0.39, 0.29) is 5.56 Å². The van der Waals surface area contributed by atoms with E-state index in [1.807, 2.05) is 0 Å². The number of benzene rings is 1. The molecule has 0 saturated heterocycles. The van der Waals surface area contributed by atoms with Crippen molar-refractivity contribution in [2.24, 2.45) is 0 Å². The number of H-pyrrole nitrogens is 2. The molecule has 0 saturated carbocycles. The van der Waals surface area contributed by atoms with E-state index >= 15 is 0 Å². The maximum atomic E-state index is 11.5. The summed E-state index contributed by atoms with van der Waals surface area (Å²) in [5.74, 6) is 0. The summed E-state index contributed by atoms with van der Waals surface area (Å²) in [7, 11) is 0. The Labute approximate surface area is 137 Å². The number of nitrogens with zero attached hydrogens (tertiary/aromatic N) is 1. The molecule has 1 aromatic heterocycles. The van der Waals surface area contributed by atoms with Crippen LogP contribution < -0.4 is 5.56 Å². The third-order valence-electron chi connectivity index (χ3n) is 4.88. The quantitative estimate of drug-likeness (QED) is 0.859. The van der Waals surface area contributed by atoms with Crippen molar-refractivity contribution in [1.29, 1.82) is 0 Å². The Balaban J connectivity index is 1.91. The fourth-order valence-electron chi connectivity index (χ4n) is 3.86. The first-order valence-electron chi connectivity index (χ1n) is 8.85. The molecule has 1 atom stereocenters. The van der Waals surface area contributed by atoms with Gasteiger partial charge in [0.1, 0.15) is 0 Å². The standard InChI is InChI=1S/C19H27N3O/c1-3-10-22(11-4-2)15-9-8-14-6-5-7-16(17(14)12-15)18-13-19(23)21-20-18/h5-7,13,15H,3-4,8-12H2,1-2H3,(H2,20,21,23). The molecule has 0 fully saturated rings. The molecule has 0 spiro atoms. The Morgan fingerprint density at radius 2 is 1.96 bits per heavy atom. The molecule has 0 aliphatic heterocycles. The predicted octanol–water partition coefficient (Wildman–Crippen LogP) is 3.35. The van der Waals surface area contributed by atoms with Crippen molar-refractivity contribution >= 4 is 0 Å². The van der Waals surface area contributed by atoms with Gasteiger partial charge in [-0.15, -0.1) is 0 Å². The van der Waals surface area contributed by atoms with E-state index in [0.717, 1.165) is 18.5 Å². The second-order valence-electron chi connectivity index (χ2n) is 6.55. The number of aromatic amines is 2. The summed E-state index contributed by atoms with van der Waals surface area (Å²) in [6.07, 6.45) is 5.86. The van der Waals surface area contributed by atoms with Gasteiger partial charge in [-0.05, 0) is 56.3 Å². The maximum Gasteiger partial charge on any atom is 0.264 e. The van der Waals surface area contributed by atoms with Crippen LogP contribution in [0, 0.1) is 0 Å². The van der Waals surface area contributed by atoms with Crippen LogP contribution in [0.4, 0.5) is 0 Å². The highest BCUT2D eigenvalue weighted by molar-refractivity contribution is 5.65. The van der Waals surface area contributed by atoms with Crippen molar-refractivity contribution in [3.05, 3.63) is 45.7 Å². The summed E-state index contributed by atoms with van der Waals surface area (Å²) >= 11 is 0. The van der Waals surface area contributed by atoms with E-state index in [2.05, 4.69) is 47.1 Å². The van der Waals surface area contributed by atoms with Gasteiger partial charge in [0.15, 0.2) is 0 Å². The topological polar surface area (TPSA) is 51.9 Å². The minimum atomic E-state index is -0.0662. The third-order valence-corrected chi connectivity index (χ3v) is 4.88. The number of fused-ring (bicyclic) bond motifs is 1. The van der Waals surface area contributed by atoms with Crippen LogP contribution in [-0.2, 0) is 12.8 Å². The highest BCUT2D eigenvalue weighted by Crippen LogP contribution is 2.32. The van der Waals surface area contributed by atoms with Crippen molar-refractivity contribution in [3.63, 3.8) is 0 Å². The van der Waals surface area contributed by atoms with E-state index < -0.39 is 0 Å². The summed E-state index contributed by atoms with van der Waals surface area (Å²) in [6.45, 7) is 6.87. The molecular formula is C19H27N3O. The van der Waals surface area contributed by atoms with Gasteiger partial charge in [0.25, 0.3) is 5.56 Å². The molecule has 0 bridgehead atoms. The lowest BCUT2D eigenvalue weighted by Gasteiger charge is -2.35. The summed E-state index contributed by atoms with van der Waals surface area (Å²) in [6, 6.07) is 8.76. The molecule has 4 nitrogen and oxygen atoms in total. The van der Waals surface area contributed by atoms with Crippen molar-refractivity contribution in [1.82, 2.24) is 15.1 Å². The van der Waals surface area contributed by atoms with E-state index in [1.54, 1.807) is 6.07 Å². The van der Waals surface area contributed by atoms with E-state index in [0.29, 0.717) is 6.04 Å². The van der Waals surface area contributed by atoms with Crippen LogP contribution in [0.5, 0.6) is 0 Å². The normalized spacial score (nSPS) is 17.4. The average molecular weight is 313 g/mol. The number of nitrogens with one attached hydrogen (secondary N) is 2. The number of aromatic nitrogens is 2. The van der Waals surface area contributed by atoms with Crippen molar-refractivity contribution in [3.8, 4) is 11.3 Å². The first kappa shape index (κ1) is 16.1. The number of hydrogen-bond acceptors (Lipinski definition) is 2. The molecule has 0 radical (unpaired) electrons. The minimum absolute atomic E-state index is 0.0662. The molecule has 23 heavy (non-hydrogen) atoms. The fourth-order valence-corrected chi connectivity index (χ4v) is 3.86. The Morgan fingerprint density at radius 1 is 1.17 bits per heavy atom.